The van der Waals surface area contributed by atoms with Gasteiger partial charge >= 0.3 is 0 Å². The molecule has 1 aromatic carbocycles. The Kier molecular flexibility index (Phi) is 5.12. The summed E-state index contributed by atoms with van der Waals surface area (Å²) in [6.07, 6.45) is 0. The first kappa shape index (κ1) is 13.7. The van der Waals surface area contributed by atoms with E-state index in [9.17, 15) is 9.59 Å². The maximum Gasteiger partial charge on any atom is 0.292 e. The Labute approximate surface area is 106 Å². The predicted molar refractivity (Wildman–Crippen MR) is 67.3 cm³/mol. The number of Topliss-reactive ketones (excluding diaryl/α,β-unsaturated/α-hetero) is 1. The van der Waals surface area contributed by atoms with Crippen LogP contribution in [0.25, 0.3) is 0 Å². The normalized spacial score (nSPS) is 10.4. The fourth-order valence-corrected chi connectivity index (χ4v) is 1.33. The van der Waals surface area contributed by atoms with Gasteiger partial charge in [-0.2, -0.15) is 0 Å². The maximum atomic E-state index is 11.7. The van der Waals surface area contributed by atoms with E-state index in [0.717, 1.165) is 0 Å². The van der Waals surface area contributed by atoms with Gasteiger partial charge in [0.25, 0.3) is 5.91 Å². The number of nitrogens with one attached hydrogen (secondary N) is 1. The number of likely N-dealkylation sites (N-methyl/N-ethyl adjacent to an activating group) is 1. The highest BCUT2D eigenvalue weighted by molar-refractivity contribution is 6.43. The summed E-state index contributed by atoms with van der Waals surface area (Å²) < 4.78 is 0. The molecule has 0 saturated heterocycles. The van der Waals surface area contributed by atoms with Crippen LogP contribution in [0.15, 0.2) is 24.3 Å². The summed E-state index contributed by atoms with van der Waals surface area (Å²) in [7, 11) is 3.79. The number of halogens is 1. The second-order valence-corrected chi connectivity index (χ2v) is 4.33. The molecule has 0 spiro atoms. The van der Waals surface area contributed by atoms with Crippen LogP contribution in [-0.4, -0.2) is 43.8 Å². The average Bonchev–Trinajstić information content (AvgIpc) is 2.28. The molecule has 1 amide bonds. The van der Waals surface area contributed by atoms with Crippen LogP contribution < -0.4 is 5.32 Å². The van der Waals surface area contributed by atoms with Crippen LogP contribution in [0.2, 0.25) is 5.02 Å². The molecule has 92 valence electrons. The maximum absolute atomic E-state index is 11.7. The van der Waals surface area contributed by atoms with Crippen LogP contribution >= 0.6 is 11.6 Å². The molecule has 17 heavy (non-hydrogen) atoms. The van der Waals surface area contributed by atoms with E-state index in [0.29, 0.717) is 23.7 Å². The van der Waals surface area contributed by atoms with Crippen molar-refractivity contribution < 1.29 is 9.59 Å². The molecule has 4 nitrogen and oxygen atoms in total. The van der Waals surface area contributed by atoms with Crippen molar-refractivity contribution in [1.82, 2.24) is 10.2 Å². The number of carbonyl (C=O) groups excluding carboxylic acids is 2. The van der Waals surface area contributed by atoms with Gasteiger partial charge in [0, 0.05) is 23.7 Å². The van der Waals surface area contributed by atoms with Crippen LogP contribution in [0, 0.1) is 0 Å². The first-order valence-corrected chi connectivity index (χ1v) is 5.61. The molecule has 0 radical (unpaired) electrons. The van der Waals surface area contributed by atoms with Crippen molar-refractivity contribution in [3.63, 3.8) is 0 Å². The fourth-order valence-electron chi connectivity index (χ4n) is 1.21. The molecule has 1 N–H and O–H groups in total. The smallest absolute Gasteiger partial charge is 0.292 e. The molecular weight excluding hydrogens is 240 g/mol. The monoisotopic (exact) mass is 254 g/mol. The van der Waals surface area contributed by atoms with E-state index < -0.39 is 11.7 Å². The van der Waals surface area contributed by atoms with Gasteiger partial charge in [0.15, 0.2) is 0 Å². The summed E-state index contributed by atoms with van der Waals surface area (Å²) in [4.78, 5) is 25.1. The zero-order chi connectivity index (χ0) is 12.8. The minimum absolute atomic E-state index is 0.344. The van der Waals surface area contributed by atoms with Crippen LogP contribution in [0.3, 0.4) is 0 Å². The van der Waals surface area contributed by atoms with Crippen molar-refractivity contribution >= 4 is 23.3 Å². The van der Waals surface area contributed by atoms with Crippen LogP contribution in [0.4, 0.5) is 0 Å². The van der Waals surface area contributed by atoms with Crippen LogP contribution in [-0.2, 0) is 4.79 Å². The number of hydrogen-bond donors (Lipinski definition) is 1. The lowest BCUT2D eigenvalue weighted by Gasteiger charge is -2.09. The van der Waals surface area contributed by atoms with E-state index in [-0.39, 0.29) is 0 Å². The van der Waals surface area contributed by atoms with Gasteiger partial charge in [-0.25, -0.2) is 0 Å². The molecule has 0 heterocycles. The summed E-state index contributed by atoms with van der Waals surface area (Å²) in [6.45, 7) is 1.14. The quantitative estimate of drug-likeness (QED) is 0.635. The topological polar surface area (TPSA) is 49.4 Å². The van der Waals surface area contributed by atoms with E-state index in [2.05, 4.69) is 5.32 Å². The second kappa shape index (κ2) is 6.37. The van der Waals surface area contributed by atoms with Gasteiger partial charge in [-0.15, -0.1) is 0 Å². The number of rotatable bonds is 5. The van der Waals surface area contributed by atoms with E-state index in [4.69, 9.17) is 11.6 Å². The van der Waals surface area contributed by atoms with Gasteiger partial charge in [-0.1, -0.05) is 11.6 Å². The van der Waals surface area contributed by atoms with Crippen LogP contribution in [0.5, 0.6) is 0 Å². The number of amides is 1. The molecule has 0 saturated carbocycles. The lowest BCUT2D eigenvalue weighted by molar-refractivity contribution is -0.117. The van der Waals surface area contributed by atoms with Crippen molar-refractivity contribution in [2.75, 3.05) is 27.2 Å². The first-order chi connectivity index (χ1) is 8.00. The Morgan fingerprint density at radius 3 is 2.35 bits per heavy atom. The minimum Gasteiger partial charge on any atom is -0.348 e. The Bertz CT molecular complexity index is 401. The van der Waals surface area contributed by atoms with Crippen molar-refractivity contribution in [2.45, 2.75) is 0 Å². The lowest BCUT2D eigenvalue weighted by Crippen LogP contribution is -2.35. The summed E-state index contributed by atoms with van der Waals surface area (Å²) in [6, 6.07) is 6.25. The molecule has 0 atom stereocenters. The summed E-state index contributed by atoms with van der Waals surface area (Å²) in [5, 5.41) is 3.10. The van der Waals surface area contributed by atoms with Crippen LogP contribution in [0.1, 0.15) is 10.4 Å². The number of carbonyl (C=O) groups is 2. The van der Waals surface area contributed by atoms with E-state index in [1.54, 1.807) is 12.1 Å². The van der Waals surface area contributed by atoms with Gasteiger partial charge in [0.1, 0.15) is 0 Å². The van der Waals surface area contributed by atoms with Crippen molar-refractivity contribution in [2.24, 2.45) is 0 Å². The third kappa shape index (κ3) is 4.54. The highest BCUT2D eigenvalue weighted by Crippen LogP contribution is 2.09. The van der Waals surface area contributed by atoms with Gasteiger partial charge in [-0.05, 0) is 38.4 Å². The zero-order valence-corrected chi connectivity index (χ0v) is 10.6. The van der Waals surface area contributed by atoms with E-state index in [1.165, 1.54) is 12.1 Å². The summed E-state index contributed by atoms with van der Waals surface area (Å²) in [5.74, 6) is -1.13. The third-order valence-electron chi connectivity index (χ3n) is 2.16. The predicted octanol–water partition coefficient (Wildman–Crippen LogP) is 1.20. The number of benzene rings is 1. The molecule has 0 aliphatic heterocycles. The minimum atomic E-state index is -0.589. The molecular formula is C12H15ClN2O2. The third-order valence-corrected chi connectivity index (χ3v) is 2.41. The largest absolute Gasteiger partial charge is 0.348 e. The summed E-state index contributed by atoms with van der Waals surface area (Å²) >= 11 is 5.70. The van der Waals surface area contributed by atoms with Gasteiger partial charge in [0.2, 0.25) is 5.78 Å². The van der Waals surface area contributed by atoms with Crippen molar-refractivity contribution in [3.8, 4) is 0 Å². The Morgan fingerprint density at radius 1 is 1.24 bits per heavy atom. The molecule has 1 rings (SSSR count). The van der Waals surface area contributed by atoms with Gasteiger partial charge in [0.05, 0.1) is 0 Å². The van der Waals surface area contributed by atoms with Gasteiger partial charge < -0.3 is 10.2 Å². The SMILES string of the molecule is CN(C)CCNC(=O)C(=O)c1ccc(Cl)cc1. The molecule has 5 heteroatoms. The molecule has 0 aliphatic carbocycles. The van der Waals surface area contributed by atoms with E-state index in [1.807, 2.05) is 19.0 Å². The average molecular weight is 255 g/mol. The second-order valence-electron chi connectivity index (χ2n) is 3.90. The first-order valence-electron chi connectivity index (χ1n) is 5.23. The fraction of sp³-hybridized carbons (Fsp3) is 0.333. The standard InChI is InChI=1S/C12H15ClN2O2/c1-15(2)8-7-14-12(17)11(16)9-3-5-10(13)6-4-9/h3-6H,7-8H2,1-2H3,(H,14,17). The molecule has 0 aromatic heterocycles. The Hall–Kier alpha value is -1.39. The highest BCUT2D eigenvalue weighted by atomic mass is 35.5. The molecule has 0 unspecified atom stereocenters. The number of ketones is 1. The molecule has 1 aromatic rings. The van der Waals surface area contributed by atoms with E-state index >= 15 is 0 Å². The van der Waals surface area contributed by atoms with Crippen molar-refractivity contribution in [3.05, 3.63) is 34.9 Å². The summed E-state index contributed by atoms with van der Waals surface area (Å²) in [5.41, 5.74) is 0.344. The number of hydrogen-bond acceptors (Lipinski definition) is 3. The Morgan fingerprint density at radius 2 is 1.82 bits per heavy atom. The molecule has 0 fully saturated rings. The Balaban J connectivity index is 2.52. The number of nitrogens with zero attached hydrogens (tertiary/aromatic N) is 1. The van der Waals surface area contributed by atoms with Crippen molar-refractivity contribution in [1.29, 1.82) is 0 Å². The molecule has 0 bridgehead atoms. The highest BCUT2D eigenvalue weighted by Gasteiger charge is 2.15. The lowest BCUT2D eigenvalue weighted by atomic mass is 10.1. The molecule has 0 aliphatic rings. The van der Waals surface area contributed by atoms with Gasteiger partial charge in [-0.3, -0.25) is 9.59 Å². The zero-order valence-electron chi connectivity index (χ0n) is 9.87.